The number of hydrogen-bond acceptors (Lipinski definition) is 4. The molecular weight excluding hydrogens is 292 g/mol. The molecular formula is C15H15ClN2O3. The van der Waals surface area contributed by atoms with Crippen molar-refractivity contribution in [2.45, 2.75) is 19.6 Å². The quantitative estimate of drug-likeness (QED) is 0.672. The fourth-order valence-electron chi connectivity index (χ4n) is 1.91. The van der Waals surface area contributed by atoms with Gasteiger partial charge in [0.05, 0.1) is 9.95 Å². The van der Waals surface area contributed by atoms with Crippen LogP contribution in [-0.2, 0) is 6.61 Å². The summed E-state index contributed by atoms with van der Waals surface area (Å²) in [6.45, 7) is 2.10. The third kappa shape index (κ3) is 3.71. The minimum atomic E-state index is -0.484. The summed E-state index contributed by atoms with van der Waals surface area (Å²) in [5.74, 6) is 0.682. The van der Waals surface area contributed by atoms with Gasteiger partial charge in [0.25, 0.3) is 5.69 Å². The average Bonchev–Trinajstić information content (AvgIpc) is 2.46. The average molecular weight is 307 g/mol. The second-order valence-corrected chi connectivity index (χ2v) is 5.06. The summed E-state index contributed by atoms with van der Waals surface area (Å²) in [5.41, 5.74) is 7.42. The van der Waals surface area contributed by atoms with Crippen LogP contribution in [0.5, 0.6) is 5.75 Å². The molecule has 2 aromatic rings. The SMILES string of the molecule is CC(N)c1ccccc1OCc1ccc([N+](=O)[O-])cc1Cl. The molecule has 0 heterocycles. The van der Waals surface area contributed by atoms with Gasteiger partial charge in [-0.3, -0.25) is 10.1 Å². The number of nitrogens with two attached hydrogens (primary N) is 1. The van der Waals surface area contributed by atoms with Crippen molar-refractivity contribution >= 4 is 17.3 Å². The van der Waals surface area contributed by atoms with Crippen LogP contribution in [0.15, 0.2) is 42.5 Å². The van der Waals surface area contributed by atoms with Crippen LogP contribution in [0.2, 0.25) is 5.02 Å². The van der Waals surface area contributed by atoms with Crippen LogP contribution < -0.4 is 10.5 Å². The maximum atomic E-state index is 10.7. The van der Waals surface area contributed by atoms with E-state index in [4.69, 9.17) is 22.1 Å². The summed E-state index contributed by atoms with van der Waals surface area (Å²) in [7, 11) is 0. The number of benzene rings is 2. The maximum Gasteiger partial charge on any atom is 0.270 e. The van der Waals surface area contributed by atoms with Crippen LogP contribution in [-0.4, -0.2) is 4.92 Å². The number of para-hydroxylation sites is 1. The molecule has 0 aliphatic carbocycles. The Balaban J connectivity index is 2.15. The highest BCUT2D eigenvalue weighted by molar-refractivity contribution is 6.31. The van der Waals surface area contributed by atoms with Crippen molar-refractivity contribution in [2.24, 2.45) is 5.73 Å². The van der Waals surface area contributed by atoms with Gasteiger partial charge < -0.3 is 10.5 Å². The largest absolute Gasteiger partial charge is 0.489 e. The monoisotopic (exact) mass is 306 g/mol. The molecule has 0 bridgehead atoms. The van der Waals surface area contributed by atoms with E-state index in [1.807, 2.05) is 31.2 Å². The van der Waals surface area contributed by atoms with Crippen LogP contribution in [0.1, 0.15) is 24.1 Å². The van der Waals surface area contributed by atoms with E-state index in [-0.39, 0.29) is 18.3 Å². The molecule has 0 spiro atoms. The van der Waals surface area contributed by atoms with Crippen molar-refractivity contribution in [3.05, 3.63) is 68.7 Å². The second-order valence-electron chi connectivity index (χ2n) is 4.65. The van der Waals surface area contributed by atoms with Crippen molar-refractivity contribution in [1.82, 2.24) is 0 Å². The summed E-state index contributed by atoms with van der Waals surface area (Å²) >= 11 is 6.03. The minimum Gasteiger partial charge on any atom is -0.489 e. The Labute approximate surface area is 127 Å². The van der Waals surface area contributed by atoms with Gasteiger partial charge in [-0.15, -0.1) is 0 Å². The predicted molar refractivity (Wildman–Crippen MR) is 81.5 cm³/mol. The van der Waals surface area contributed by atoms with E-state index in [1.54, 1.807) is 6.07 Å². The highest BCUT2D eigenvalue weighted by Crippen LogP contribution is 2.27. The van der Waals surface area contributed by atoms with E-state index in [0.29, 0.717) is 16.3 Å². The normalized spacial score (nSPS) is 12.0. The van der Waals surface area contributed by atoms with Gasteiger partial charge in [0, 0.05) is 29.3 Å². The van der Waals surface area contributed by atoms with Crippen molar-refractivity contribution in [1.29, 1.82) is 0 Å². The van der Waals surface area contributed by atoms with E-state index < -0.39 is 4.92 Å². The number of non-ortho nitro benzene ring substituents is 1. The first kappa shape index (κ1) is 15.3. The molecule has 0 aromatic heterocycles. The third-order valence-corrected chi connectivity index (χ3v) is 3.39. The lowest BCUT2D eigenvalue weighted by atomic mass is 10.1. The second kappa shape index (κ2) is 6.56. The number of nitrogens with zero attached hydrogens (tertiary/aromatic N) is 1. The smallest absolute Gasteiger partial charge is 0.270 e. The number of ether oxygens (including phenoxy) is 1. The molecule has 2 aromatic carbocycles. The highest BCUT2D eigenvalue weighted by Gasteiger charge is 2.11. The van der Waals surface area contributed by atoms with Crippen LogP contribution in [0, 0.1) is 10.1 Å². The van der Waals surface area contributed by atoms with Gasteiger partial charge in [-0.2, -0.15) is 0 Å². The number of rotatable bonds is 5. The molecule has 21 heavy (non-hydrogen) atoms. The minimum absolute atomic E-state index is 0.0419. The molecule has 2 N–H and O–H groups in total. The van der Waals surface area contributed by atoms with E-state index in [2.05, 4.69) is 0 Å². The lowest BCUT2D eigenvalue weighted by Gasteiger charge is -2.14. The fraction of sp³-hybridized carbons (Fsp3) is 0.200. The number of hydrogen-bond donors (Lipinski definition) is 1. The van der Waals surface area contributed by atoms with Crippen molar-refractivity contribution in [2.75, 3.05) is 0 Å². The van der Waals surface area contributed by atoms with E-state index in [0.717, 1.165) is 5.56 Å². The van der Waals surface area contributed by atoms with Gasteiger partial charge >= 0.3 is 0 Å². The molecule has 5 nitrogen and oxygen atoms in total. The highest BCUT2D eigenvalue weighted by atomic mass is 35.5. The number of nitro groups is 1. The van der Waals surface area contributed by atoms with Gasteiger partial charge in [-0.05, 0) is 19.1 Å². The van der Waals surface area contributed by atoms with Crippen LogP contribution in [0.3, 0.4) is 0 Å². The van der Waals surface area contributed by atoms with Gasteiger partial charge in [-0.1, -0.05) is 29.8 Å². The van der Waals surface area contributed by atoms with Gasteiger partial charge in [0.15, 0.2) is 0 Å². The molecule has 0 amide bonds. The predicted octanol–water partition coefficient (Wildman–Crippen LogP) is 3.85. The zero-order chi connectivity index (χ0) is 15.4. The summed E-state index contributed by atoms with van der Waals surface area (Å²) in [5, 5.41) is 11.0. The van der Waals surface area contributed by atoms with Gasteiger partial charge in [-0.25, -0.2) is 0 Å². The molecule has 110 valence electrons. The Morgan fingerprint density at radius 2 is 2.05 bits per heavy atom. The lowest BCUT2D eigenvalue weighted by Crippen LogP contribution is -2.08. The molecule has 0 radical (unpaired) electrons. The summed E-state index contributed by atoms with van der Waals surface area (Å²) in [6.07, 6.45) is 0. The molecule has 6 heteroatoms. The first-order valence-electron chi connectivity index (χ1n) is 6.39. The van der Waals surface area contributed by atoms with Gasteiger partial charge in [0.1, 0.15) is 12.4 Å². The van der Waals surface area contributed by atoms with E-state index in [1.165, 1.54) is 12.1 Å². The maximum absolute atomic E-state index is 10.7. The van der Waals surface area contributed by atoms with E-state index >= 15 is 0 Å². The summed E-state index contributed by atoms with van der Waals surface area (Å²) < 4.78 is 5.73. The Hall–Kier alpha value is -2.11. The summed E-state index contributed by atoms with van der Waals surface area (Å²) in [6, 6.07) is 11.7. The Morgan fingerprint density at radius 3 is 2.67 bits per heavy atom. The molecule has 0 fully saturated rings. The van der Waals surface area contributed by atoms with Crippen LogP contribution in [0.4, 0.5) is 5.69 Å². The molecule has 1 unspecified atom stereocenters. The fourth-order valence-corrected chi connectivity index (χ4v) is 2.14. The third-order valence-electron chi connectivity index (χ3n) is 3.04. The Kier molecular flexibility index (Phi) is 4.77. The van der Waals surface area contributed by atoms with Crippen LogP contribution in [0.25, 0.3) is 0 Å². The number of nitro benzene ring substituents is 1. The van der Waals surface area contributed by atoms with Crippen molar-refractivity contribution < 1.29 is 9.66 Å². The Bertz CT molecular complexity index is 659. The Morgan fingerprint density at radius 1 is 1.33 bits per heavy atom. The zero-order valence-corrected chi connectivity index (χ0v) is 12.2. The number of halogens is 1. The van der Waals surface area contributed by atoms with Crippen molar-refractivity contribution in [3.8, 4) is 5.75 Å². The van der Waals surface area contributed by atoms with Crippen LogP contribution >= 0.6 is 11.6 Å². The van der Waals surface area contributed by atoms with E-state index in [9.17, 15) is 10.1 Å². The van der Waals surface area contributed by atoms with Gasteiger partial charge in [0.2, 0.25) is 0 Å². The zero-order valence-electron chi connectivity index (χ0n) is 11.5. The van der Waals surface area contributed by atoms with Crippen molar-refractivity contribution in [3.63, 3.8) is 0 Å². The lowest BCUT2D eigenvalue weighted by molar-refractivity contribution is -0.384. The molecule has 0 aliphatic rings. The summed E-state index contributed by atoms with van der Waals surface area (Å²) in [4.78, 5) is 10.2. The standard InChI is InChI=1S/C15H15ClN2O3/c1-10(17)13-4-2-3-5-15(13)21-9-11-6-7-12(18(19)20)8-14(11)16/h2-8,10H,9,17H2,1H3. The molecule has 1 atom stereocenters. The topological polar surface area (TPSA) is 78.4 Å². The molecule has 0 saturated heterocycles. The molecule has 0 aliphatic heterocycles. The molecule has 0 saturated carbocycles. The molecule has 2 rings (SSSR count). The first-order valence-corrected chi connectivity index (χ1v) is 6.77. The first-order chi connectivity index (χ1) is 9.99.